The summed E-state index contributed by atoms with van der Waals surface area (Å²) in [6.45, 7) is 7.33. The van der Waals surface area contributed by atoms with E-state index in [4.69, 9.17) is 4.74 Å². The minimum absolute atomic E-state index is 0.246. The van der Waals surface area contributed by atoms with Crippen molar-refractivity contribution in [3.05, 3.63) is 65.0 Å². The van der Waals surface area contributed by atoms with Crippen molar-refractivity contribution in [2.75, 3.05) is 26.7 Å². The molecule has 29 heavy (non-hydrogen) atoms. The molecular weight excluding hydrogens is 367 g/mol. The van der Waals surface area contributed by atoms with Crippen LogP contribution in [0.15, 0.2) is 47.5 Å². The van der Waals surface area contributed by atoms with Crippen LogP contribution in [0.5, 0.6) is 5.75 Å². The number of hydrogen-bond donors (Lipinski definition) is 2. The number of likely N-dealkylation sites (tertiary alicyclic amines) is 1. The van der Waals surface area contributed by atoms with E-state index in [1.165, 1.54) is 50.2 Å². The highest BCUT2D eigenvalue weighted by Crippen LogP contribution is 2.18. The van der Waals surface area contributed by atoms with Crippen molar-refractivity contribution >= 4 is 5.96 Å². The lowest BCUT2D eigenvalue weighted by Crippen LogP contribution is -2.36. The van der Waals surface area contributed by atoms with E-state index in [1.807, 2.05) is 13.0 Å². The molecule has 1 saturated heterocycles. The van der Waals surface area contributed by atoms with Gasteiger partial charge in [-0.3, -0.25) is 4.90 Å². The van der Waals surface area contributed by atoms with Crippen LogP contribution < -0.4 is 15.4 Å². The second-order valence-electron chi connectivity index (χ2n) is 7.32. The van der Waals surface area contributed by atoms with Crippen LogP contribution in [0.3, 0.4) is 0 Å². The van der Waals surface area contributed by atoms with Crippen LogP contribution in [-0.4, -0.2) is 37.6 Å². The molecule has 0 atom stereocenters. The van der Waals surface area contributed by atoms with Crippen molar-refractivity contribution in [2.45, 2.75) is 39.4 Å². The number of rotatable bonds is 8. The summed E-state index contributed by atoms with van der Waals surface area (Å²) in [5, 5.41) is 6.58. The van der Waals surface area contributed by atoms with Gasteiger partial charge in [0.25, 0.3) is 0 Å². The number of hydrogen-bond acceptors (Lipinski definition) is 3. The molecule has 156 valence electrons. The Bertz CT molecular complexity index is 801. The third-order valence-corrected chi connectivity index (χ3v) is 5.07. The Balaban J connectivity index is 1.54. The number of ether oxygens (including phenoxy) is 1. The SMILES string of the molecule is CCNC(=NCc1ccc(OC)c(F)c1)NCc1ccc(CN2CCCC2)cc1. The number of methoxy groups -OCH3 is 1. The lowest BCUT2D eigenvalue weighted by atomic mass is 10.1. The fourth-order valence-corrected chi connectivity index (χ4v) is 3.47. The second-order valence-corrected chi connectivity index (χ2v) is 7.32. The maximum atomic E-state index is 13.8. The Morgan fingerprint density at radius 2 is 1.72 bits per heavy atom. The van der Waals surface area contributed by atoms with Gasteiger partial charge in [-0.2, -0.15) is 0 Å². The van der Waals surface area contributed by atoms with Crippen LogP contribution in [-0.2, 0) is 19.6 Å². The quantitative estimate of drug-likeness (QED) is 0.526. The van der Waals surface area contributed by atoms with Crippen molar-refractivity contribution in [2.24, 2.45) is 4.99 Å². The van der Waals surface area contributed by atoms with Crippen LogP contribution in [0.2, 0.25) is 0 Å². The van der Waals surface area contributed by atoms with Crippen molar-refractivity contribution < 1.29 is 9.13 Å². The Morgan fingerprint density at radius 3 is 2.38 bits per heavy atom. The minimum Gasteiger partial charge on any atom is -0.494 e. The van der Waals surface area contributed by atoms with E-state index < -0.39 is 0 Å². The van der Waals surface area contributed by atoms with Gasteiger partial charge < -0.3 is 15.4 Å². The first-order valence-corrected chi connectivity index (χ1v) is 10.3. The minimum atomic E-state index is -0.368. The van der Waals surface area contributed by atoms with Gasteiger partial charge in [-0.1, -0.05) is 30.3 Å². The highest BCUT2D eigenvalue weighted by Gasteiger charge is 2.11. The van der Waals surface area contributed by atoms with Crippen molar-refractivity contribution in [3.63, 3.8) is 0 Å². The zero-order valence-corrected chi connectivity index (χ0v) is 17.4. The van der Waals surface area contributed by atoms with Gasteiger partial charge in [-0.25, -0.2) is 9.38 Å². The largest absolute Gasteiger partial charge is 0.494 e. The summed E-state index contributed by atoms with van der Waals surface area (Å²) in [6.07, 6.45) is 2.63. The molecule has 1 heterocycles. The summed E-state index contributed by atoms with van der Waals surface area (Å²) >= 11 is 0. The zero-order chi connectivity index (χ0) is 20.5. The van der Waals surface area contributed by atoms with Crippen LogP contribution in [0.25, 0.3) is 0 Å². The maximum absolute atomic E-state index is 13.8. The number of guanidine groups is 1. The summed E-state index contributed by atoms with van der Waals surface area (Å²) in [6, 6.07) is 13.7. The monoisotopic (exact) mass is 398 g/mol. The molecule has 2 aromatic rings. The van der Waals surface area contributed by atoms with Crippen molar-refractivity contribution in [1.82, 2.24) is 15.5 Å². The predicted molar refractivity (Wildman–Crippen MR) is 116 cm³/mol. The summed E-state index contributed by atoms with van der Waals surface area (Å²) in [5.74, 6) is 0.591. The smallest absolute Gasteiger partial charge is 0.191 e. The van der Waals surface area contributed by atoms with Crippen LogP contribution in [0.4, 0.5) is 4.39 Å². The Kier molecular flexibility index (Phi) is 7.87. The lowest BCUT2D eigenvalue weighted by Gasteiger charge is -2.15. The molecule has 3 rings (SSSR count). The highest BCUT2D eigenvalue weighted by molar-refractivity contribution is 5.79. The van der Waals surface area contributed by atoms with Crippen LogP contribution in [0, 0.1) is 5.82 Å². The predicted octanol–water partition coefficient (Wildman–Crippen LogP) is 3.69. The van der Waals surface area contributed by atoms with Gasteiger partial charge in [0, 0.05) is 19.6 Å². The molecule has 0 spiro atoms. The Morgan fingerprint density at radius 1 is 1.03 bits per heavy atom. The van der Waals surface area contributed by atoms with E-state index in [-0.39, 0.29) is 11.6 Å². The number of nitrogens with one attached hydrogen (secondary N) is 2. The third kappa shape index (κ3) is 6.46. The summed E-state index contributed by atoms with van der Waals surface area (Å²) in [4.78, 5) is 7.07. The van der Waals surface area contributed by atoms with Crippen LogP contribution >= 0.6 is 0 Å². The molecule has 6 heteroatoms. The molecule has 0 aromatic heterocycles. The molecule has 0 unspecified atom stereocenters. The third-order valence-electron chi connectivity index (χ3n) is 5.07. The fourth-order valence-electron chi connectivity index (χ4n) is 3.47. The normalized spacial score (nSPS) is 14.8. The van der Waals surface area contributed by atoms with E-state index >= 15 is 0 Å². The van der Waals surface area contributed by atoms with E-state index in [1.54, 1.807) is 6.07 Å². The Hall–Kier alpha value is -2.60. The first-order valence-electron chi connectivity index (χ1n) is 10.3. The molecular formula is C23H31FN4O. The molecule has 1 aliphatic rings. The van der Waals surface area contributed by atoms with E-state index in [0.29, 0.717) is 19.0 Å². The van der Waals surface area contributed by atoms with Gasteiger partial charge in [0.15, 0.2) is 17.5 Å². The van der Waals surface area contributed by atoms with Gasteiger partial charge in [-0.05, 0) is 61.7 Å². The average Bonchev–Trinajstić information content (AvgIpc) is 3.24. The second kappa shape index (κ2) is 10.8. The molecule has 2 aromatic carbocycles. The van der Waals surface area contributed by atoms with E-state index in [0.717, 1.165) is 18.7 Å². The number of halogens is 1. The first kappa shape index (κ1) is 21.1. The van der Waals surface area contributed by atoms with E-state index in [9.17, 15) is 4.39 Å². The molecule has 5 nitrogen and oxygen atoms in total. The zero-order valence-electron chi connectivity index (χ0n) is 17.4. The highest BCUT2D eigenvalue weighted by atomic mass is 19.1. The van der Waals surface area contributed by atoms with Crippen molar-refractivity contribution in [1.29, 1.82) is 0 Å². The topological polar surface area (TPSA) is 48.9 Å². The molecule has 2 N–H and O–H groups in total. The van der Waals surface area contributed by atoms with Gasteiger partial charge in [0.2, 0.25) is 0 Å². The lowest BCUT2D eigenvalue weighted by molar-refractivity contribution is 0.331. The first-order chi connectivity index (χ1) is 14.2. The molecule has 0 saturated carbocycles. The maximum Gasteiger partial charge on any atom is 0.191 e. The number of nitrogens with zero attached hydrogens (tertiary/aromatic N) is 2. The summed E-state index contributed by atoms with van der Waals surface area (Å²) in [7, 11) is 1.46. The van der Waals surface area contributed by atoms with E-state index in [2.05, 4.69) is 44.8 Å². The molecule has 1 fully saturated rings. The molecule has 0 radical (unpaired) electrons. The van der Waals surface area contributed by atoms with Gasteiger partial charge in [-0.15, -0.1) is 0 Å². The summed E-state index contributed by atoms with van der Waals surface area (Å²) in [5.41, 5.74) is 3.36. The fraction of sp³-hybridized carbons (Fsp3) is 0.435. The van der Waals surface area contributed by atoms with Gasteiger partial charge >= 0.3 is 0 Å². The standard InChI is InChI=1S/C23H31FN4O/c1-3-25-23(27-16-20-10-11-22(29-2)21(24)14-20)26-15-18-6-8-19(9-7-18)17-28-12-4-5-13-28/h6-11,14H,3-5,12-13,15-17H2,1-2H3,(H2,25,26,27). The van der Waals surface area contributed by atoms with Crippen molar-refractivity contribution in [3.8, 4) is 5.75 Å². The molecule has 0 bridgehead atoms. The Labute approximate surface area is 173 Å². The van der Waals surface area contributed by atoms with Gasteiger partial charge in [0.1, 0.15) is 0 Å². The molecule has 0 aliphatic carbocycles. The van der Waals surface area contributed by atoms with Gasteiger partial charge in [0.05, 0.1) is 13.7 Å². The molecule has 1 aliphatic heterocycles. The molecule has 0 amide bonds. The van der Waals surface area contributed by atoms with Crippen LogP contribution in [0.1, 0.15) is 36.5 Å². The number of aliphatic imine (C=N–C) groups is 1. The summed E-state index contributed by atoms with van der Waals surface area (Å²) < 4.78 is 18.8. The average molecular weight is 399 g/mol. The number of benzene rings is 2.